The lowest BCUT2D eigenvalue weighted by atomic mass is 10.0. The Morgan fingerprint density at radius 1 is 1.12 bits per heavy atom. The second-order valence-electron chi connectivity index (χ2n) is 6.42. The van der Waals surface area contributed by atoms with E-state index >= 15 is 0 Å². The van der Waals surface area contributed by atoms with E-state index in [4.69, 9.17) is 24.7 Å². The second-order valence-corrected chi connectivity index (χ2v) is 9.77. The van der Waals surface area contributed by atoms with E-state index in [1.165, 1.54) is 24.3 Å². The van der Waals surface area contributed by atoms with Crippen LogP contribution in [0.5, 0.6) is 5.75 Å². The zero-order valence-corrected chi connectivity index (χ0v) is 19.5. The fraction of sp³-hybridized carbons (Fsp3) is 0.150. The minimum absolute atomic E-state index is 0.0581. The molecule has 0 aliphatic rings. The molecule has 3 rings (SSSR count). The van der Waals surface area contributed by atoms with Crippen molar-refractivity contribution in [2.45, 2.75) is 18.4 Å². The van der Waals surface area contributed by atoms with Crippen molar-refractivity contribution in [1.29, 1.82) is 0 Å². The summed E-state index contributed by atoms with van der Waals surface area (Å²) in [5.74, 6) is 0.0581. The van der Waals surface area contributed by atoms with Crippen molar-refractivity contribution < 1.29 is 31.4 Å². The summed E-state index contributed by atoms with van der Waals surface area (Å²) in [5, 5.41) is 9.28. The lowest BCUT2D eigenvalue weighted by Crippen LogP contribution is -2.15. The van der Waals surface area contributed by atoms with Crippen LogP contribution in [0.25, 0.3) is 10.8 Å². The van der Waals surface area contributed by atoms with Gasteiger partial charge in [-0.05, 0) is 42.1 Å². The van der Waals surface area contributed by atoms with Gasteiger partial charge in [-0.3, -0.25) is 4.55 Å². The predicted octanol–water partition coefficient (Wildman–Crippen LogP) is 4.94. The number of hydrogen-bond donors (Lipinski definition) is 2. The summed E-state index contributed by atoms with van der Waals surface area (Å²) in [6.45, 7) is 1.80. The predicted molar refractivity (Wildman–Crippen MR) is 123 cm³/mol. The number of hydrogen-bond acceptors (Lipinski definition) is 8. The monoisotopic (exact) mass is 511 g/mol. The third kappa shape index (κ3) is 6.55. The normalized spacial score (nSPS) is 12.7. The van der Waals surface area contributed by atoms with Gasteiger partial charge in [0.25, 0.3) is 9.05 Å². The molecular formula is C20H18ClN3O7S2. The SMILES string of the molecule is CCOC(=O)Oc1c(N=Nc2cccc(S(=O)(=O)Cl)c2)ccc2c(CNS(=O)O)cccc12. The lowest BCUT2D eigenvalue weighted by molar-refractivity contribution is 0.105. The zero-order valence-electron chi connectivity index (χ0n) is 17.1. The summed E-state index contributed by atoms with van der Waals surface area (Å²) in [5.41, 5.74) is 1.06. The fourth-order valence-electron chi connectivity index (χ4n) is 2.90. The average Bonchev–Trinajstić information content (AvgIpc) is 2.76. The van der Waals surface area contributed by atoms with E-state index in [0.717, 1.165) is 0 Å². The van der Waals surface area contributed by atoms with Crippen LogP contribution in [-0.2, 0) is 31.6 Å². The first-order chi connectivity index (χ1) is 15.7. The van der Waals surface area contributed by atoms with Crippen molar-refractivity contribution in [2.24, 2.45) is 10.2 Å². The number of ether oxygens (including phenoxy) is 2. The van der Waals surface area contributed by atoms with Crippen molar-refractivity contribution in [3.05, 3.63) is 60.2 Å². The van der Waals surface area contributed by atoms with E-state index in [1.807, 2.05) is 0 Å². The molecule has 0 radical (unpaired) electrons. The molecule has 0 bridgehead atoms. The van der Waals surface area contributed by atoms with Gasteiger partial charge >= 0.3 is 6.16 Å². The molecule has 174 valence electrons. The number of carbonyl (C=O) groups is 1. The molecule has 0 saturated heterocycles. The molecule has 10 nitrogen and oxygen atoms in total. The molecule has 0 heterocycles. The summed E-state index contributed by atoms with van der Waals surface area (Å²) in [6.07, 6.45) is -0.948. The van der Waals surface area contributed by atoms with Gasteiger partial charge in [0.05, 0.1) is 17.2 Å². The number of rotatable bonds is 8. The number of halogens is 1. The fourth-order valence-corrected chi connectivity index (χ4v) is 3.97. The lowest BCUT2D eigenvalue weighted by Gasteiger charge is -2.12. The van der Waals surface area contributed by atoms with E-state index in [1.54, 1.807) is 37.3 Å². The number of benzene rings is 3. The first-order valence-corrected chi connectivity index (χ1v) is 12.8. The van der Waals surface area contributed by atoms with Crippen molar-refractivity contribution >= 4 is 59.3 Å². The molecule has 1 unspecified atom stereocenters. The minimum atomic E-state index is -3.94. The highest BCUT2D eigenvalue weighted by atomic mass is 35.7. The van der Waals surface area contributed by atoms with Crippen LogP contribution < -0.4 is 9.46 Å². The molecule has 0 fully saturated rings. The molecular weight excluding hydrogens is 494 g/mol. The highest BCUT2D eigenvalue weighted by molar-refractivity contribution is 8.13. The molecule has 3 aromatic rings. The Bertz CT molecular complexity index is 1350. The first kappa shape index (κ1) is 24.7. The van der Waals surface area contributed by atoms with Gasteiger partial charge in [0.1, 0.15) is 5.69 Å². The number of nitrogens with one attached hydrogen (secondary N) is 1. The van der Waals surface area contributed by atoms with Crippen LogP contribution in [0.4, 0.5) is 16.2 Å². The standard InChI is InChI=1S/C20H18ClN3O7S2/c1-2-30-20(25)31-19-17-8-3-5-13(12-22-32(26)27)16(17)9-10-18(19)24-23-14-6-4-7-15(11-14)33(21,28)29/h3-11,22H,2,12H2,1H3,(H,26,27). The van der Waals surface area contributed by atoms with Gasteiger partial charge < -0.3 is 9.47 Å². The van der Waals surface area contributed by atoms with Crippen LogP contribution in [0.1, 0.15) is 12.5 Å². The van der Waals surface area contributed by atoms with Gasteiger partial charge in [-0.2, -0.15) is 5.11 Å². The smallest absolute Gasteiger partial charge is 0.434 e. The minimum Gasteiger partial charge on any atom is -0.434 e. The van der Waals surface area contributed by atoms with E-state index < -0.39 is 26.5 Å². The quantitative estimate of drug-likeness (QED) is 0.143. The van der Waals surface area contributed by atoms with Crippen LogP contribution in [0.15, 0.2) is 69.7 Å². The molecule has 0 aromatic heterocycles. The Balaban J connectivity index is 2.07. The highest BCUT2D eigenvalue weighted by Gasteiger charge is 2.16. The summed E-state index contributed by atoms with van der Waals surface area (Å²) in [6, 6.07) is 13.9. The Morgan fingerprint density at radius 2 is 1.88 bits per heavy atom. The third-order valence-electron chi connectivity index (χ3n) is 4.29. The maximum atomic E-state index is 12.1. The molecule has 0 amide bonds. The largest absolute Gasteiger partial charge is 0.513 e. The summed E-state index contributed by atoms with van der Waals surface area (Å²) in [7, 11) is 1.43. The average molecular weight is 512 g/mol. The first-order valence-electron chi connectivity index (χ1n) is 9.39. The number of carbonyl (C=O) groups excluding carboxylic acids is 1. The van der Waals surface area contributed by atoms with Crippen LogP contribution in [0, 0.1) is 0 Å². The maximum absolute atomic E-state index is 12.1. The molecule has 2 N–H and O–H groups in total. The van der Waals surface area contributed by atoms with Crippen LogP contribution in [0.3, 0.4) is 0 Å². The van der Waals surface area contributed by atoms with Gasteiger partial charge in [-0.1, -0.05) is 30.3 Å². The van der Waals surface area contributed by atoms with Gasteiger partial charge in [-0.15, -0.1) is 5.11 Å². The summed E-state index contributed by atoms with van der Waals surface area (Å²) >= 11 is -2.20. The van der Waals surface area contributed by atoms with Crippen LogP contribution in [-0.4, -0.2) is 29.9 Å². The Hall–Kier alpha value is -2.90. The molecule has 13 heteroatoms. The number of fused-ring (bicyclic) bond motifs is 1. The van der Waals surface area contributed by atoms with Gasteiger partial charge in [0.15, 0.2) is 5.75 Å². The summed E-state index contributed by atoms with van der Waals surface area (Å²) < 4.78 is 55.8. The van der Waals surface area contributed by atoms with Crippen LogP contribution in [0.2, 0.25) is 0 Å². The highest BCUT2D eigenvalue weighted by Crippen LogP contribution is 2.38. The van der Waals surface area contributed by atoms with Gasteiger partial charge in [0.2, 0.25) is 11.3 Å². The molecule has 0 saturated carbocycles. The van der Waals surface area contributed by atoms with Crippen molar-refractivity contribution in [3.63, 3.8) is 0 Å². The second kappa shape index (κ2) is 10.8. The molecule has 33 heavy (non-hydrogen) atoms. The Morgan fingerprint density at radius 3 is 2.58 bits per heavy atom. The molecule has 0 aliphatic heterocycles. The summed E-state index contributed by atoms with van der Waals surface area (Å²) in [4.78, 5) is 11.9. The van der Waals surface area contributed by atoms with E-state index in [0.29, 0.717) is 16.3 Å². The van der Waals surface area contributed by atoms with Crippen molar-refractivity contribution in [2.75, 3.05) is 6.61 Å². The third-order valence-corrected chi connectivity index (χ3v) is 6.03. The van der Waals surface area contributed by atoms with E-state index in [9.17, 15) is 17.4 Å². The van der Waals surface area contributed by atoms with Crippen LogP contribution >= 0.6 is 10.7 Å². The Labute approximate surface area is 196 Å². The van der Waals surface area contributed by atoms with Crippen molar-refractivity contribution in [1.82, 2.24) is 4.72 Å². The number of nitrogens with zero attached hydrogens (tertiary/aromatic N) is 2. The number of azo groups is 1. The topological polar surface area (TPSA) is 144 Å². The Kier molecular flexibility index (Phi) is 8.10. The van der Waals surface area contributed by atoms with Gasteiger partial charge in [-0.25, -0.2) is 22.1 Å². The molecule has 0 aliphatic carbocycles. The van der Waals surface area contributed by atoms with Crippen molar-refractivity contribution in [3.8, 4) is 5.75 Å². The van der Waals surface area contributed by atoms with E-state index in [2.05, 4.69) is 15.0 Å². The molecule has 1 atom stereocenters. The van der Waals surface area contributed by atoms with E-state index in [-0.39, 0.29) is 35.2 Å². The zero-order chi connectivity index (χ0) is 24.0. The van der Waals surface area contributed by atoms with Gasteiger partial charge in [0, 0.05) is 22.6 Å². The molecule has 3 aromatic carbocycles. The molecule has 0 spiro atoms. The maximum Gasteiger partial charge on any atom is 0.513 e.